The highest BCUT2D eigenvalue weighted by molar-refractivity contribution is 5.27. The molecule has 1 aromatic carbocycles. The highest BCUT2D eigenvalue weighted by atomic mass is 16.3. The van der Waals surface area contributed by atoms with E-state index >= 15 is 0 Å². The molecule has 0 aliphatic heterocycles. The fourth-order valence-electron chi connectivity index (χ4n) is 1.89. The van der Waals surface area contributed by atoms with Gasteiger partial charge in [0.2, 0.25) is 0 Å². The van der Waals surface area contributed by atoms with Crippen molar-refractivity contribution in [2.45, 2.75) is 25.8 Å². The summed E-state index contributed by atoms with van der Waals surface area (Å²) in [4.78, 5) is 7.29. The molecule has 0 aliphatic rings. The Morgan fingerprint density at radius 3 is 2.78 bits per heavy atom. The number of nitrogens with zero attached hydrogens (tertiary/aromatic N) is 1. The number of aromatic hydroxyl groups is 1. The predicted molar refractivity (Wildman–Crippen MR) is 71.4 cm³/mol. The number of hydrogen-bond donors (Lipinski definition) is 3. The molecule has 0 amide bonds. The first-order valence-corrected chi connectivity index (χ1v) is 6.26. The number of aromatic nitrogens is 2. The van der Waals surface area contributed by atoms with E-state index in [-0.39, 0.29) is 0 Å². The summed E-state index contributed by atoms with van der Waals surface area (Å²) in [7, 11) is 0. The fourth-order valence-corrected chi connectivity index (χ4v) is 1.89. The summed E-state index contributed by atoms with van der Waals surface area (Å²) in [5.41, 5.74) is 1.19. The Labute approximate surface area is 107 Å². The van der Waals surface area contributed by atoms with E-state index in [9.17, 15) is 5.11 Å². The van der Waals surface area contributed by atoms with E-state index in [1.165, 1.54) is 5.56 Å². The van der Waals surface area contributed by atoms with Crippen LogP contribution >= 0.6 is 0 Å². The SMILES string of the molecule is CC(NCCCc1ncc[nH]1)c1ccc(O)cc1. The second kappa shape index (κ2) is 6.21. The molecule has 1 unspecified atom stereocenters. The average molecular weight is 245 g/mol. The number of benzene rings is 1. The topological polar surface area (TPSA) is 60.9 Å². The summed E-state index contributed by atoms with van der Waals surface area (Å²) in [6, 6.07) is 7.62. The normalized spacial score (nSPS) is 12.5. The Balaban J connectivity index is 1.71. The Kier molecular flexibility index (Phi) is 4.36. The maximum Gasteiger partial charge on any atom is 0.115 e. The Hall–Kier alpha value is -1.81. The monoisotopic (exact) mass is 245 g/mol. The molecule has 3 N–H and O–H groups in total. The summed E-state index contributed by atoms with van der Waals surface area (Å²) in [5.74, 6) is 1.35. The van der Waals surface area contributed by atoms with Crippen molar-refractivity contribution in [2.24, 2.45) is 0 Å². The van der Waals surface area contributed by atoms with Crippen LogP contribution in [0.5, 0.6) is 5.75 Å². The highest BCUT2D eigenvalue weighted by Crippen LogP contribution is 2.16. The van der Waals surface area contributed by atoms with Gasteiger partial charge in [0.05, 0.1) is 0 Å². The first kappa shape index (κ1) is 12.6. The van der Waals surface area contributed by atoms with Gasteiger partial charge in [0.1, 0.15) is 11.6 Å². The van der Waals surface area contributed by atoms with E-state index in [0.717, 1.165) is 25.2 Å². The van der Waals surface area contributed by atoms with Crippen LogP contribution in [0, 0.1) is 0 Å². The standard InChI is InChI=1S/C14H19N3O/c1-11(12-4-6-13(18)7-5-12)15-8-2-3-14-16-9-10-17-14/h4-7,9-11,15,18H,2-3,8H2,1H3,(H,16,17). The summed E-state index contributed by atoms with van der Waals surface area (Å²) >= 11 is 0. The second-order valence-corrected chi connectivity index (χ2v) is 4.41. The van der Waals surface area contributed by atoms with Crippen LogP contribution in [0.25, 0.3) is 0 Å². The van der Waals surface area contributed by atoms with Crippen molar-refractivity contribution < 1.29 is 5.11 Å². The lowest BCUT2D eigenvalue weighted by Crippen LogP contribution is -2.20. The van der Waals surface area contributed by atoms with Crippen molar-refractivity contribution in [2.75, 3.05) is 6.54 Å². The molecule has 0 spiro atoms. The third-order valence-electron chi connectivity index (χ3n) is 2.99. The minimum Gasteiger partial charge on any atom is -0.508 e. The van der Waals surface area contributed by atoms with Crippen molar-refractivity contribution in [3.05, 3.63) is 48.0 Å². The molecule has 0 bridgehead atoms. The number of rotatable bonds is 6. The zero-order valence-corrected chi connectivity index (χ0v) is 10.6. The molecule has 1 atom stereocenters. The zero-order chi connectivity index (χ0) is 12.8. The molecule has 4 heteroatoms. The van der Waals surface area contributed by atoms with Crippen LogP contribution in [-0.2, 0) is 6.42 Å². The lowest BCUT2D eigenvalue weighted by molar-refractivity contribution is 0.474. The van der Waals surface area contributed by atoms with Crippen LogP contribution in [0.15, 0.2) is 36.7 Å². The number of aromatic amines is 1. The predicted octanol–water partition coefficient (Wildman–Crippen LogP) is 2.40. The third-order valence-corrected chi connectivity index (χ3v) is 2.99. The molecule has 96 valence electrons. The number of phenolic OH excluding ortho intramolecular Hbond substituents is 1. The van der Waals surface area contributed by atoms with Crippen LogP contribution in [0.4, 0.5) is 0 Å². The number of H-pyrrole nitrogens is 1. The Morgan fingerprint density at radius 2 is 2.11 bits per heavy atom. The van der Waals surface area contributed by atoms with Crippen LogP contribution < -0.4 is 5.32 Å². The zero-order valence-electron chi connectivity index (χ0n) is 10.6. The first-order chi connectivity index (χ1) is 8.75. The van der Waals surface area contributed by atoms with Gasteiger partial charge in [-0.05, 0) is 37.6 Å². The van der Waals surface area contributed by atoms with Crippen molar-refractivity contribution in [3.8, 4) is 5.75 Å². The molecule has 0 saturated heterocycles. The molecule has 1 heterocycles. The largest absolute Gasteiger partial charge is 0.508 e. The van der Waals surface area contributed by atoms with Gasteiger partial charge in [-0.3, -0.25) is 0 Å². The number of hydrogen-bond acceptors (Lipinski definition) is 3. The molecule has 1 aromatic heterocycles. The van der Waals surface area contributed by atoms with Crippen LogP contribution in [-0.4, -0.2) is 21.6 Å². The summed E-state index contributed by atoms with van der Waals surface area (Å²) in [6.07, 6.45) is 5.64. The second-order valence-electron chi connectivity index (χ2n) is 4.41. The van der Waals surface area contributed by atoms with Crippen molar-refractivity contribution in [1.82, 2.24) is 15.3 Å². The highest BCUT2D eigenvalue weighted by Gasteiger charge is 2.04. The maximum absolute atomic E-state index is 9.23. The van der Waals surface area contributed by atoms with E-state index in [2.05, 4.69) is 22.2 Å². The van der Waals surface area contributed by atoms with Gasteiger partial charge in [0, 0.05) is 24.9 Å². The van der Waals surface area contributed by atoms with Gasteiger partial charge < -0.3 is 15.4 Å². The fraction of sp³-hybridized carbons (Fsp3) is 0.357. The number of imidazole rings is 1. The van der Waals surface area contributed by atoms with Gasteiger partial charge in [-0.25, -0.2) is 4.98 Å². The number of aryl methyl sites for hydroxylation is 1. The van der Waals surface area contributed by atoms with Crippen molar-refractivity contribution in [3.63, 3.8) is 0 Å². The molecule has 0 saturated carbocycles. The lowest BCUT2D eigenvalue weighted by Gasteiger charge is -2.14. The van der Waals surface area contributed by atoms with E-state index in [0.29, 0.717) is 11.8 Å². The van der Waals surface area contributed by atoms with Crippen molar-refractivity contribution in [1.29, 1.82) is 0 Å². The van der Waals surface area contributed by atoms with Crippen molar-refractivity contribution >= 4 is 0 Å². The maximum atomic E-state index is 9.23. The van der Waals surface area contributed by atoms with Crippen LogP contribution in [0.3, 0.4) is 0 Å². The van der Waals surface area contributed by atoms with E-state index in [1.807, 2.05) is 18.3 Å². The summed E-state index contributed by atoms with van der Waals surface area (Å²) in [5, 5.41) is 12.7. The molecule has 0 radical (unpaired) electrons. The molecule has 2 rings (SSSR count). The lowest BCUT2D eigenvalue weighted by atomic mass is 10.1. The number of phenols is 1. The van der Waals surface area contributed by atoms with Crippen LogP contribution in [0.1, 0.15) is 30.8 Å². The Morgan fingerprint density at radius 1 is 1.33 bits per heavy atom. The minimum absolute atomic E-state index is 0.294. The van der Waals surface area contributed by atoms with Crippen LogP contribution in [0.2, 0.25) is 0 Å². The van der Waals surface area contributed by atoms with Gasteiger partial charge in [0.25, 0.3) is 0 Å². The quantitative estimate of drug-likeness (QED) is 0.685. The van der Waals surface area contributed by atoms with E-state index in [1.54, 1.807) is 18.3 Å². The molecule has 0 fully saturated rings. The Bertz CT molecular complexity index is 450. The van der Waals surface area contributed by atoms with Gasteiger partial charge in [0.15, 0.2) is 0 Å². The number of nitrogens with one attached hydrogen (secondary N) is 2. The van der Waals surface area contributed by atoms with Gasteiger partial charge in [-0.2, -0.15) is 0 Å². The minimum atomic E-state index is 0.294. The third kappa shape index (κ3) is 3.60. The van der Waals surface area contributed by atoms with E-state index in [4.69, 9.17) is 0 Å². The molecule has 18 heavy (non-hydrogen) atoms. The molecule has 2 aromatic rings. The average Bonchev–Trinajstić information content (AvgIpc) is 2.88. The smallest absolute Gasteiger partial charge is 0.115 e. The van der Waals surface area contributed by atoms with Gasteiger partial charge >= 0.3 is 0 Å². The molecular formula is C14H19N3O. The van der Waals surface area contributed by atoms with Gasteiger partial charge in [-0.15, -0.1) is 0 Å². The first-order valence-electron chi connectivity index (χ1n) is 6.26. The summed E-state index contributed by atoms with van der Waals surface area (Å²) < 4.78 is 0. The molecule has 4 nitrogen and oxygen atoms in total. The molecule has 0 aliphatic carbocycles. The van der Waals surface area contributed by atoms with Gasteiger partial charge in [-0.1, -0.05) is 12.1 Å². The molecular weight excluding hydrogens is 226 g/mol. The van der Waals surface area contributed by atoms with E-state index < -0.39 is 0 Å². The summed E-state index contributed by atoms with van der Waals surface area (Å²) in [6.45, 7) is 3.07.